The minimum atomic E-state index is 0. The summed E-state index contributed by atoms with van der Waals surface area (Å²) in [6, 6.07) is 0. The normalized spacial score (nSPS) is 4.36. The molecule has 0 aliphatic carbocycles. The quantitative estimate of drug-likeness (QED) is 0.284. The van der Waals surface area contributed by atoms with Gasteiger partial charge in [0.2, 0.25) is 0 Å². The summed E-state index contributed by atoms with van der Waals surface area (Å²) in [5.74, 6) is 0.903. The van der Waals surface area contributed by atoms with Crippen molar-refractivity contribution in [2.24, 2.45) is 0 Å². The maximum absolute atomic E-state index is 7.00. The third-order valence-electron chi connectivity index (χ3n) is 0.158. The molecule has 0 saturated heterocycles. The third kappa shape index (κ3) is 232. The van der Waals surface area contributed by atoms with Crippen LogP contribution in [-0.2, 0) is 21.7 Å². The van der Waals surface area contributed by atoms with Crippen LogP contribution in [0.4, 0.5) is 0 Å². The second kappa shape index (κ2) is 125. The van der Waals surface area contributed by atoms with E-state index in [1.807, 2.05) is 0 Å². The van der Waals surface area contributed by atoms with E-state index in [0.717, 1.165) is 33.5 Å². The molecule has 0 aromatic rings. The van der Waals surface area contributed by atoms with Crippen LogP contribution in [0, 0.1) is 6.92 Å². The minimum Gasteiger partial charge on any atom is -0.400 e. The summed E-state index contributed by atoms with van der Waals surface area (Å²) in [7, 11) is 3.00. The fourth-order valence-electron chi connectivity index (χ4n) is 0. The maximum atomic E-state index is 7.00. The Kier molecular flexibility index (Phi) is 337. The van der Waals surface area contributed by atoms with Crippen molar-refractivity contribution in [1.82, 2.24) is 0 Å². The zero-order chi connectivity index (χ0) is 9.41. The Morgan fingerprint density at radius 2 is 1.09 bits per heavy atom. The van der Waals surface area contributed by atoms with E-state index in [-0.39, 0.29) is 21.7 Å². The van der Waals surface area contributed by atoms with Gasteiger partial charge in [0.1, 0.15) is 0 Å². The third-order valence-corrected chi connectivity index (χ3v) is 0.474. The Hall–Kier alpha value is 0.944. The van der Waals surface area contributed by atoms with Gasteiger partial charge in [-0.3, -0.25) is 0 Å². The fraction of sp³-hybridized carbons (Fsp3) is 0.833. The summed E-state index contributed by atoms with van der Waals surface area (Å²) in [6.07, 6.45) is 0.934. The fourth-order valence-corrected chi connectivity index (χ4v) is 0. The zero-order valence-electron chi connectivity index (χ0n) is 7.41. The molecule has 0 bridgehead atoms. The standard InChI is InChI=1S/C3H7S.3CH4O.Ti/c1-2-3-4;3*1-2;/h4H,1-3H2;3*2H,1H3;/q-1;;;;+4. The van der Waals surface area contributed by atoms with Crippen LogP contribution in [0.3, 0.4) is 0 Å². The monoisotopic (exact) mass is 219 g/mol. The van der Waals surface area contributed by atoms with Gasteiger partial charge in [-0.1, -0.05) is 0 Å². The molecule has 3 N–H and O–H groups in total. The molecule has 0 spiro atoms. The van der Waals surface area contributed by atoms with E-state index in [2.05, 4.69) is 19.6 Å². The topological polar surface area (TPSA) is 60.7 Å². The van der Waals surface area contributed by atoms with Gasteiger partial charge in [0, 0.05) is 21.3 Å². The molecule has 0 atom stereocenters. The molecule has 0 aromatic heterocycles. The van der Waals surface area contributed by atoms with Crippen molar-refractivity contribution >= 4 is 12.6 Å². The molecular formula is C6H19O3STi+3. The molecule has 0 rings (SSSR count). The summed E-state index contributed by atoms with van der Waals surface area (Å²) in [4.78, 5) is 0. The van der Waals surface area contributed by atoms with Gasteiger partial charge in [0.25, 0.3) is 0 Å². The number of rotatable bonds is 1. The molecule has 0 heterocycles. The molecule has 0 saturated carbocycles. The van der Waals surface area contributed by atoms with Crippen molar-refractivity contribution in [3.8, 4) is 0 Å². The summed E-state index contributed by atoms with van der Waals surface area (Å²) in [5.41, 5.74) is 0. The molecule has 68 valence electrons. The zero-order valence-corrected chi connectivity index (χ0v) is 9.87. The molecule has 0 aliphatic heterocycles. The smallest absolute Gasteiger partial charge is 0.400 e. The van der Waals surface area contributed by atoms with Gasteiger partial charge >= 0.3 is 21.7 Å². The van der Waals surface area contributed by atoms with E-state index in [0.29, 0.717) is 0 Å². The van der Waals surface area contributed by atoms with Crippen LogP contribution in [0.5, 0.6) is 0 Å². The Balaban J connectivity index is -0.0000000152. The molecule has 0 fully saturated rings. The van der Waals surface area contributed by atoms with Crippen molar-refractivity contribution < 1.29 is 37.0 Å². The van der Waals surface area contributed by atoms with Crippen LogP contribution in [0.1, 0.15) is 6.42 Å². The van der Waals surface area contributed by atoms with Crippen molar-refractivity contribution in [3.05, 3.63) is 6.92 Å². The van der Waals surface area contributed by atoms with Crippen LogP contribution < -0.4 is 0 Å². The summed E-state index contributed by atoms with van der Waals surface area (Å²) < 4.78 is 0. The summed E-state index contributed by atoms with van der Waals surface area (Å²) >= 11 is 3.86. The predicted octanol–water partition coefficient (Wildman–Crippen LogP) is -0.0366. The predicted molar refractivity (Wildman–Crippen MR) is 48.3 cm³/mol. The van der Waals surface area contributed by atoms with Gasteiger partial charge < -0.3 is 22.2 Å². The first-order valence-electron chi connectivity index (χ1n) is 2.66. The van der Waals surface area contributed by atoms with E-state index in [1.165, 1.54) is 0 Å². The van der Waals surface area contributed by atoms with Crippen LogP contribution in [-0.4, -0.2) is 42.4 Å². The number of hydrogen-bond donors (Lipinski definition) is 4. The first kappa shape index (κ1) is 29.7. The Morgan fingerprint density at radius 3 is 1.09 bits per heavy atom. The van der Waals surface area contributed by atoms with Gasteiger partial charge in [-0.2, -0.15) is 19.0 Å². The number of aliphatic hydroxyl groups excluding tert-OH is 3. The van der Waals surface area contributed by atoms with Crippen LogP contribution in [0.2, 0.25) is 0 Å². The van der Waals surface area contributed by atoms with Crippen molar-refractivity contribution in [1.29, 1.82) is 0 Å². The molecule has 0 radical (unpaired) electrons. The van der Waals surface area contributed by atoms with Crippen molar-refractivity contribution in [2.75, 3.05) is 27.1 Å². The second-order valence-electron chi connectivity index (χ2n) is 0.577. The second-order valence-corrected chi connectivity index (χ2v) is 1.02. The van der Waals surface area contributed by atoms with Gasteiger partial charge in [0.05, 0.1) is 0 Å². The maximum Gasteiger partial charge on any atom is 4.00 e. The molecule has 0 unspecified atom stereocenters. The first-order chi connectivity index (χ1) is 4.91. The van der Waals surface area contributed by atoms with Crippen LogP contribution in [0.25, 0.3) is 0 Å². The van der Waals surface area contributed by atoms with Gasteiger partial charge in [-0.25, -0.2) is 0 Å². The minimum absolute atomic E-state index is 0. The largest absolute Gasteiger partial charge is 4.00 e. The van der Waals surface area contributed by atoms with Crippen LogP contribution >= 0.6 is 12.6 Å². The van der Waals surface area contributed by atoms with E-state index in [1.54, 1.807) is 0 Å². The van der Waals surface area contributed by atoms with E-state index in [4.69, 9.17) is 15.3 Å². The average molecular weight is 219 g/mol. The molecular weight excluding hydrogens is 200 g/mol. The Morgan fingerprint density at radius 1 is 1.00 bits per heavy atom. The SMILES string of the molecule is CO.CO.CO.[CH2-]CCS.[Ti+4]. The average Bonchev–Trinajstić information content (AvgIpc) is 2.14. The van der Waals surface area contributed by atoms with Crippen molar-refractivity contribution in [3.63, 3.8) is 0 Å². The number of aliphatic hydroxyl groups is 3. The molecule has 5 heteroatoms. The molecule has 11 heavy (non-hydrogen) atoms. The van der Waals surface area contributed by atoms with Gasteiger partial charge in [0.15, 0.2) is 0 Å². The number of hydrogen-bond acceptors (Lipinski definition) is 4. The Labute approximate surface area is 90.1 Å². The van der Waals surface area contributed by atoms with E-state index < -0.39 is 0 Å². The van der Waals surface area contributed by atoms with Gasteiger partial charge in [-0.05, 0) is 5.75 Å². The van der Waals surface area contributed by atoms with E-state index in [9.17, 15) is 0 Å². The molecule has 3 nitrogen and oxygen atoms in total. The Bertz CT molecular complexity index is 19.8. The number of thiol groups is 1. The van der Waals surface area contributed by atoms with E-state index >= 15 is 0 Å². The van der Waals surface area contributed by atoms with Gasteiger partial charge in [-0.15, -0.1) is 0 Å². The molecule has 0 amide bonds. The molecule has 0 aliphatic rings. The van der Waals surface area contributed by atoms with Crippen molar-refractivity contribution in [2.45, 2.75) is 6.42 Å². The summed E-state index contributed by atoms with van der Waals surface area (Å²) in [5, 5.41) is 21.0. The van der Waals surface area contributed by atoms with Crippen LogP contribution in [0.15, 0.2) is 0 Å². The summed E-state index contributed by atoms with van der Waals surface area (Å²) in [6.45, 7) is 3.53. The first-order valence-corrected chi connectivity index (χ1v) is 3.29. The molecule has 0 aromatic carbocycles.